The van der Waals surface area contributed by atoms with Crippen molar-refractivity contribution in [2.45, 2.75) is 6.54 Å². The van der Waals surface area contributed by atoms with Gasteiger partial charge in [0.2, 0.25) is 0 Å². The van der Waals surface area contributed by atoms with Gasteiger partial charge < -0.3 is 15.3 Å². The zero-order valence-electron chi connectivity index (χ0n) is 10.1. The van der Waals surface area contributed by atoms with E-state index in [2.05, 4.69) is 15.3 Å². The first-order valence-electron chi connectivity index (χ1n) is 5.54. The Balaban J connectivity index is 2.51. The molecule has 0 saturated carbocycles. The van der Waals surface area contributed by atoms with E-state index in [1.54, 1.807) is 13.3 Å². The van der Waals surface area contributed by atoms with Crippen LogP contribution in [0.1, 0.15) is 5.56 Å². The van der Waals surface area contributed by atoms with E-state index in [1.807, 2.05) is 12.1 Å². The van der Waals surface area contributed by atoms with E-state index in [0.29, 0.717) is 19.0 Å². The monoisotopic (exact) mass is 240 g/mol. The van der Waals surface area contributed by atoms with E-state index >= 15 is 0 Å². The molecule has 1 rings (SSSR count). The second-order valence-corrected chi connectivity index (χ2v) is 3.69. The molecule has 0 atom stereocenters. The summed E-state index contributed by atoms with van der Waals surface area (Å²) in [5, 5.41) is 8.97. The van der Waals surface area contributed by atoms with Crippen molar-refractivity contribution < 1.29 is 9.84 Å². The fourth-order valence-corrected chi connectivity index (χ4v) is 1.49. The number of nitrogens with one attached hydrogen (secondary N) is 1. The third-order valence-corrected chi connectivity index (χ3v) is 2.41. The molecule has 0 fully saturated rings. The molecule has 0 aliphatic carbocycles. The normalized spacial score (nSPS) is 10.8. The van der Waals surface area contributed by atoms with Gasteiger partial charge in [-0.3, -0.25) is 4.90 Å². The second-order valence-electron chi connectivity index (χ2n) is 3.69. The Morgan fingerprint density at radius 2 is 2.29 bits per heavy atom. The molecule has 1 aromatic rings. The number of aromatic nitrogens is 1. The molecular weight excluding hydrogens is 220 g/mol. The molecule has 0 saturated heterocycles. The van der Waals surface area contributed by atoms with Crippen LogP contribution in [0.5, 0.6) is 0 Å². The molecule has 0 aromatic carbocycles. The highest BCUT2D eigenvalue weighted by Crippen LogP contribution is 2.06. The van der Waals surface area contributed by atoms with Crippen molar-refractivity contribution in [1.82, 2.24) is 9.88 Å². The summed E-state index contributed by atoms with van der Waals surface area (Å²) in [4.78, 5) is 6.24. The third-order valence-electron chi connectivity index (χ3n) is 2.41. The van der Waals surface area contributed by atoms with Gasteiger partial charge in [-0.1, -0.05) is 6.07 Å². The van der Waals surface area contributed by atoms with Crippen LogP contribution in [0.25, 0.3) is 0 Å². The van der Waals surface area contributed by atoms with Gasteiger partial charge in [0.05, 0.1) is 13.2 Å². The van der Waals surface area contributed by atoms with Crippen molar-refractivity contribution in [3.8, 4) is 0 Å². The smallest absolute Gasteiger partial charge is 0.139 e. The highest BCUT2D eigenvalue weighted by molar-refractivity contribution is 5.33. The SMILES string of the molecule is COCCN(CCO)Cc1ccc(NN)nc1. The highest BCUT2D eigenvalue weighted by atomic mass is 16.5. The lowest BCUT2D eigenvalue weighted by molar-refractivity contribution is 0.127. The van der Waals surface area contributed by atoms with Gasteiger partial charge in [-0.2, -0.15) is 0 Å². The Labute approximate surface area is 101 Å². The average molecular weight is 240 g/mol. The summed E-state index contributed by atoms with van der Waals surface area (Å²) in [5.41, 5.74) is 3.56. The minimum absolute atomic E-state index is 0.138. The van der Waals surface area contributed by atoms with E-state index in [0.717, 1.165) is 18.7 Å². The molecule has 1 heterocycles. The minimum Gasteiger partial charge on any atom is -0.395 e. The maximum Gasteiger partial charge on any atom is 0.139 e. The first-order chi connectivity index (χ1) is 8.30. The van der Waals surface area contributed by atoms with Crippen molar-refractivity contribution in [2.24, 2.45) is 5.84 Å². The summed E-state index contributed by atoms with van der Waals surface area (Å²) in [7, 11) is 1.67. The molecule has 6 heteroatoms. The number of nitrogen functional groups attached to an aromatic ring is 1. The van der Waals surface area contributed by atoms with Crippen LogP contribution in [-0.2, 0) is 11.3 Å². The van der Waals surface area contributed by atoms with Crippen LogP contribution in [0.2, 0.25) is 0 Å². The van der Waals surface area contributed by atoms with Crippen LogP contribution in [0, 0.1) is 0 Å². The molecule has 0 aliphatic rings. The number of hydrogen-bond acceptors (Lipinski definition) is 6. The predicted molar refractivity (Wildman–Crippen MR) is 66.3 cm³/mol. The Kier molecular flexibility index (Phi) is 6.49. The van der Waals surface area contributed by atoms with E-state index in [-0.39, 0.29) is 6.61 Å². The van der Waals surface area contributed by atoms with Crippen LogP contribution in [0.4, 0.5) is 5.82 Å². The molecule has 6 nitrogen and oxygen atoms in total. The summed E-state index contributed by atoms with van der Waals surface area (Å²) in [6.45, 7) is 2.94. The number of nitrogens with two attached hydrogens (primary N) is 1. The quantitative estimate of drug-likeness (QED) is 0.431. The topological polar surface area (TPSA) is 83.6 Å². The van der Waals surface area contributed by atoms with Crippen molar-refractivity contribution in [3.05, 3.63) is 23.9 Å². The molecule has 0 aliphatic heterocycles. The fraction of sp³-hybridized carbons (Fsp3) is 0.545. The zero-order valence-corrected chi connectivity index (χ0v) is 10.1. The molecule has 0 amide bonds. The van der Waals surface area contributed by atoms with Gasteiger partial charge in [0.25, 0.3) is 0 Å². The molecule has 17 heavy (non-hydrogen) atoms. The Bertz CT molecular complexity index is 305. The summed E-state index contributed by atoms with van der Waals surface area (Å²) >= 11 is 0. The van der Waals surface area contributed by atoms with E-state index in [9.17, 15) is 0 Å². The van der Waals surface area contributed by atoms with Gasteiger partial charge in [-0.05, 0) is 11.6 Å². The largest absolute Gasteiger partial charge is 0.395 e. The standard InChI is InChI=1S/C11H20N4O2/c1-17-7-5-15(4-6-16)9-10-2-3-11(14-12)13-8-10/h2-3,8,16H,4-7,9,12H2,1H3,(H,13,14). The molecule has 0 spiro atoms. The van der Waals surface area contributed by atoms with Gasteiger partial charge >= 0.3 is 0 Å². The number of pyridine rings is 1. The Morgan fingerprint density at radius 3 is 2.82 bits per heavy atom. The number of rotatable bonds is 8. The van der Waals surface area contributed by atoms with Crippen LogP contribution < -0.4 is 11.3 Å². The first-order valence-corrected chi connectivity index (χ1v) is 5.54. The van der Waals surface area contributed by atoms with E-state index in [1.165, 1.54) is 0 Å². The van der Waals surface area contributed by atoms with Crippen molar-refractivity contribution in [2.75, 3.05) is 38.8 Å². The first kappa shape index (κ1) is 13.9. The lowest BCUT2D eigenvalue weighted by atomic mass is 10.2. The molecule has 0 radical (unpaired) electrons. The molecule has 4 N–H and O–H groups in total. The maximum absolute atomic E-state index is 8.97. The van der Waals surface area contributed by atoms with Crippen molar-refractivity contribution >= 4 is 5.82 Å². The minimum atomic E-state index is 0.138. The van der Waals surface area contributed by atoms with Crippen molar-refractivity contribution in [1.29, 1.82) is 0 Å². The van der Waals surface area contributed by atoms with Gasteiger partial charge in [-0.25, -0.2) is 10.8 Å². The van der Waals surface area contributed by atoms with Crippen molar-refractivity contribution in [3.63, 3.8) is 0 Å². The number of anilines is 1. The highest BCUT2D eigenvalue weighted by Gasteiger charge is 2.05. The van der Waals surface area contributed by atoms with Crippen LogP contribution in [0.15, 0.2) is 18.3 Å². The number of hydrogen-bond donors (Lipinski definition) is 3. The number of hydrazine groups is 1. The Morgan fingerprint density at radius 1 is 1.47 bits per heavy atom. The van der Waals surface area contributed by atoms with Gasteiger partial charge in [-0.15, -0.1) is 0 Å². The number of nitrogens with zero attached hydrogens (tertiary/aromatic N) is 2. The summed E-state index contributed by atoms with van der Waals surface area (Å²) < 4.78 is 5.03. The second kappa shape index (κ2) is 7.97. The zero-order chi connectivity index (χ0) is 12.5. The maximum atomic E-state index is 8.97. The molecule has 96 valence electrons. The third kappa shape index (κ3) is 5.10. The lowest BCUT2D eigenvalue weighted by Gasteiger charge is -2.20. The number of aliphatic hydroxyl groups excluding tert-OH is 1. The fourth-order valence-electron chi connectivity index (χ4n) is 1.49. The summed E-state index contributed by atoms with van der Waals surface area (Å²) in [6, 6.07) is 3.78. The van der Waals surface area contributed by atoms with Gasteiger partial charge in [0, 0.05) is 32.9 Å². The van der Waals surface area contributed by atoms with E-state index in [4.69, 9.17) is 15.7 Å². The van der Waals surface area contributed by atoms with Gasteiger partial charge in [0.15, 0.2) is 0 Å². The van der Waals surface area contributed by atoms with Crippen LogP contribution in [-0.4, -0.2) is 48.4 Å². The van der Waals surface area contributed by atoms with Gasteiger partial charge in [0.1, 0.15) is 5.82 Å². The average Bonchev–Trinajstić information content (AvgIpc) is 2.37. The molecular formula is C11H20N4O2. The lowest BCUT2D eigenvalue weighted by Crippen LogP contribution is -2.29. The molecule has 1 aromatic heterocycles. The van der Waals surface area contributed by atoms with E-state index < -0.39 is 0 Å². The summed E-state index contributed by atoms with van der Waals surface area (Å²) in [5.74, 6) is 5.88. The van der Waals surface area contributed by atoms with Crippen LogP contribution in [0.3, 0.4) is 0 Å². The summed E-state index contributed by atoms with van der Waals surface area (Å²) in [6.07, 6.45) is 1.77. The number of methoxy groups -OCH3 is 1. The Hall–Kier alpha value is -1.21. The van der Waals surface area contributed by atoms with Crippen LogP contribution >= 0.6 is 0 Å². The number of ether oxygens (including phenoxy) is 1. The molecule has 0 bridgehead atoms. The molecule has 0 unspecified atom stereocenters. The predicted octanol–water partition coefficient (Wildman–Crippen LogP) is -0.192. The number of aliphatic hydroxyl groups is 1.